The molecule has 5 atom stereocenters. The zero-order valence-corrected chi connectivity index (χ0v) is 70.0. The molecular formula is C91H152O16P2. The maximum atomic E-state index is 13.0. The van der Waals surface area contributed by atoms with E-state index in [1.807, 2.05) is 0 Å². The van der Waals surface area contributed by atoms with E-state index in [0.29, 0.717) is 19.3 Å². The minimum Gasteiger partial charge on any atom is -0.463 e. The molecule has 0 radical (unpaired) electrons. The molecule has 109 heavy (non-hydrogen) atoms. The van der Waals surface area contributed by atoms with Gasteiger partial charge in [-0.1, -0.05) is 326 Å². The van der Waals surface area contributed by atoms with Crippen molar-refractivity contribution in [1.29, 1.82) is 0 Å². The highest BCUT2D eigenvalue weighted by Crippen LogP contribution is 2.45. The van der Waals surface area contributed by atoms with Crippen molar-refractivity contribution in [3.63, 3.8) is 0 Å². The fraction of sp³-hybridized carbons (Fsp3) is 0.659. The van der Waals surface area contributed by atoms with Crippen LogP contribution in [0.15, 0.2) is 170 Å². The van der Waals surface area contributed by atoms with Crippen molar-refractivity contribution in [2.24, 2.45) is 0 Å². The number of unbranched alkanes of at least 4 members (excludes halogenated alkanes) is 28. The molecule has 0 saturated heterocycles. The summed E-state index contributed by atoms with van der Waals surface area (Å²) in [7, 11) is -9.81. The van der Waals surface area contributed by atoms with E-state index in [1.54, 1.807) is 0 Å². The van der Waals surface area contributed by atoms with Crippen LogP contribution < -0.4 is 0 Å². The van der Waals surface area contributed by atoms with Crippen LogP contribution in [0.25, 0.3) is 0 Å². The smallest absolute Gasteiger partial charge is 0.463 e. The second kappa shape index (κ2) is 82.4. The molecule has 0 fully saturated rings. The molecule has 0 bridgehead atoms. The summed E-state index contributed by atoms with van der Waals surface area (Å²) in [6.45, 7) is 2.41. The van der Waals surface area contributed by atoms with Gasteiger partial charge in [0.1, 0.15) is 25.4 Å². The first-order chi connectivity index (χ1) is 53.2. The van der Waals surface area contributed by atoms with Gasteiger partial charge in [0.05, 0.1) is 26.4 Å². The topological polar surface area (TPSA) is 231 Å². The predicted molar refractivity (Wildman–Crippen MR) is 454 cm³/mol. The lowest BCUT2D eigenvalue weighted by molar-refractivity contribution is -0.161. The Hall–Kier alpha value is -5.09. The summed E-state index contributed by atoms with van der Waals surface area (Å²) < 4.78 is 61.3. The number of ether oxygens (including phenoxy) is 3. The summed E-state index contributed by atoms with van der Waals surface area (Å²) in [5.41, 5.74) is 0. The van der Waals surface area contributed by atoms with Gasteiger partial charge >= 0.3 is 33.6 Å². The molecule has 18 heteroatoms. The summed E-state index contributed by atoms with van der Waals surface area (Å²) in [5.74, 6) is -1.60. The second-order valence-electron chi connectivity index (χ2n) is 27.9. The molecule has 0 aliphatic heterocycles. The van der Waals surface area contributed by atoms with Gasteiger partial charge < -0.3 is 34.2 Å². The van der Waals surface area contributed by atoms with Crippen molar-refractivity contribution in [3.05, 3.63) is 170 Å². The maximum absolute atomic E-state index is 13.0. The fourth-order valence-corrected chi connectivity index (χ4v) is 12.6. The summed E-state index contributed by atoms with van der Waals surface area (Å²) in [4.78, 5) is 58.8. The number of phosphoric acid groups is 2. The Morgan fingerprint density at radius 1 is 0.266 bits per heavy atom. The average molecular weight is 1560 g/mol. The quantitative estimate of drug-likeness (QED) is 0.0146. The molecule has 622 valence electrons. The Kier molecular flexibility index (Phi) is 78.5. The standard InChI is InChI=1S/C91H152O16P2/c1-4-7-10-13-16-19-22-25-28-31-34-36-38-39-40-41-42-43-44-45-47-49-51-53-56-59-62-65-68-71-74-77-89(94)101-80-86(92)81-103-108(97,98)104-82-87(93)83-105-109(99,100)106-85-88(107-91(96)79-76-73-70-67-64-61-58-55-50-33-30-27-24-21-18-15-12-9-6-3)84-102-90(95)78-75-72-69-66-63-60-57-54-52-48-46-37-35-32-29-26-23-20-17-14-11-8-5-2/h7-8,10-11,16-21,25-30,34-37,39-40,42-43,48,50,52,55,86-88,92-93H,4-6,9,12-15,22-24,31-33,38,41,44-47,49,51,53-54,56-85H2,1-3H3,(H,97,98)(H,99,100)/b10-7-,11-8-,19-16-,20-17-,21-18-,28-25-,29-26-,30-27-,36-34-,37-35-,40-39-,43-42-,52-48-,55-50-. The molecule has 0 heterocycles. The number of allylic oxidation sites excluding steroid dienone is 28. The molecule has 0 spiro atoms. The number of rotatable bonds is 79. The average Bonchev–Trinajstić information content (AvgIpc) is 0.902. The zero-order chi connectivity index (χ0) is 79.4. The lowest BCUT2D eigenvalue weighted by Gasteiger charge is -2.21. The normalized spacial score (nSPS) is 14.7. The van der Waals surface area contributed by atoms with Crippen LogP contribution in [-0.2, 0) is 55.8 Å². The second-order valence-corrected chi connectivity index (χ2v) is 30.8. The minimum absolute atomic E-state index is 0.0826. The molecular weight excluding hydrogens is 1410 g/mol. The van der Waals surface area contributed by atoms with Gasteiger partial charge in [-0.05, 0) is 154 Å². The molecule has 0 amide bonds. The van der Waals surface area contributed by atoms with E-state index in [-0.39, 0.29) is 19.3 Å². The molecule has 0 aromatic carbocycles. The van der Waals surface area contributed by atoms with Crippen LogP contribution in [0, 0.1) is 0 Å². The third kappa shape index (κ3) is 83.7. The Labute approximate surface area is 662 Å². The van der Waals surface area contributed by atoms with Gasteiger partial charge in [-0.3, -0.25) is 32.5 Å². The number of aliphatic hydroxyl groups is 2. The van der Waals surface area contributed by atoms with Crippen molar-refractivity contribution in [2.45, 2.75) is 347 Å². The number of hydrogen-bond donors (Lipinski definition) is 4. The van der Waals surface area contributed by atoms with Gasteiger partial charge in [0.25, 0.3) is 0 Å². The van der Waals surface area contributed by atoms with E-state index in [2.05, 4.69) is 191 Å². The van der Waals surface area contributed by atoms with Crippen molar-refractivity contribution in [3.8, 4) is 0 Å². The van der Waals surface area contributed by atoms with E-state index in [4.69, 9.17) is 32.3 Å². The van der Waals surface area contributed by atoms with E-state index >= 15 is 0 Å². The number of carbonyl (C=O) groups is 3. The highest BCUT2D eigenvalue weighted by atomic mass is 31.2. The summed E-state index contributed by atoms with van der Waals surface area (Å²) >= 11 is 0. The number of esters is 3. The van der Waals surface area contributed by atoms with Crippen LogP contribution in [0.2, 0.25) is 0 Å². The summed E-state index contributed by atoms with van der Waals surface area (Å²) in [6, 6.07) is 0. The molecule has 0 saturated carbocycles. The van der Waals surface area contributed by atoms with E-state index in [1.165, 1.54) is 70.6 Å². The maximum Gasteiger partial charge on any atom is 0.472 e. The van der Waals surface area contributed by atoms with Crippen molar-refractivity contribution < 1.29 is 75.8 Å². The Morgan fingerprint density at radius 2 is 0.486 bits per heavy atom. The van der Waals surface area contributed by atoms with Crippen LogP contribution in [0.5, 0.6) is 0 Å². The molecule has 0 aliphatic rings. The summed E-state index contributed by atoms with van der Waals surface area (Å²) in [6.07, 6.45) is 105. The van der Waals surface area contributed by atoms with Crippen LogP contribution >= 0.6 is 15.6 Å². The van der Waals surface area contributed by atoms with E-state index in [0.717, 1.165) is 199 Å². The van der Waals surface area contributed by atoms with Gasteiger partial charge in [-0.25, -0.2) is 9.13 Å². The van der Waals surface area contributed by atoms with Gasteiger partial charge in [-0.15, -0.1) is 0 Å². The molecule has 0 rings (SSSR count). The van der Waals surface area contributed by atoms with Gasteiger partial charge in [-0.2, -0.15) is 0 Å². The number of hydrogen-bond acceptors (Lipinski definition) is 14. The largest absolute Gasteiger partial charge is 0.472 e. The lowest BCUT2D eigenvalue weighted by atomic mass is 10.0. The van der Waals surface area contributed by atoms with E-state index in [9.17, 15) is 43.5 Å². The van der Waals surface area contributed by atoms with Gasteiger partial charge in [0, 0.05) is 19.3 Å². The van der Waals surface area contributed by atoms with Crippen molar-refractivity contribution in [1.82, 2.24) is 0 Å². The van der Waals surface area contributed by atoms with Crippen LogP contribution in [0.1, 0.15) is 329 Å². The highest BCUT2D eigenvalue weighted by Gasteiger charge is 2.29. The monoisotopic (exact) mass is 1560 g/mol. The SMILES string of the molecule is CC/C=C\C/C=C\C/C=C\C/C=C\C/C=C\C/C=C\CCCCCCCCCCCCCCC(=O)OCC(O)COP(=O)(O)OCC(O)COP(=O)(O)OCC(COC(=O)CCCCCCCCC/C=C\C/C=C\C/C=C\C/C=C\C/C=C\CC)OC(=O)CCCCCCCC/C=C\C/C=C\C/C=C\CCCCC. The third-order valence-electron chi connectivity index (χ3n) is 17.4. The Morgan fingerprint density at radius 3 is 0.771 bits per heavy atom. The first kappa shape index (κ1) is 104. The third-order valence-corrected chi connectivity index (χ3v) is 19.3. The minimum atomic E-state index is -4.95. The van der Waals surface area contributed by atoms with Crippen LogP contribution in [-0.4, -0.2) is 95.9 Å². The lowest BCUT2D eigenvalue weighted by Crippen LogP contribution is -2.30. The van der Waals surface area contributed by atoms with E-state index < -0.39 is 91.5 Å². The highest BCUT2D eigenvalue weighted by molar-refractivity contribution is 7.47. The van der Waals surface area contributed by atoms with Gasteiger partial charge in [0.2, 0.25) is 0 Å². The Bertz CT molecular complexity index is 2660. The van der Waals surface area contributed by atoms with Crippen molar-refractivity contribution in [2.75, 3.05) is 39.6 Å². The molecule has 16 nitrogen and oxygen atoms in total. The number of aliphatic hydroxyl groups excluding tert-OH is 2. The number of phosphoric ester groups is 2. The van der Waals surface area contributed by atoms with Crippen LogP contribution in [0.3, 0.4) is 0 Å². The van der Waals surface area contributed by atoms with Crippen molar-refractivity contribution >= 4 is 33.6 Å². The Balaban J connectivity index is 4.60. The molecule has 0 aromatic heterocycles. The first-order valence-corrected chi connectivity index (χ1v) is 45.4. The molecule has 4 N–H and O–H groups in total. The summed E-state index contributed by atoms with van der Waals surface area (Å²) in [5, 5.41) is 20.7. The first-order valence-electron chi connectivity index (χ1n) is 42.4. The number of carbonyl (C=O) groups excluding carboxylic acids is 3. The van der Waals surface area contributed by atoms with Gasteiger partial charge in [0.15, 0.2) is 6.10 Å². The molecule has 0 aromatic rings. The predicted octanol–water partition coefficient (Wildman–Crippen LogP) is 25.5. The molecule has 0 aliphatic carbocycles. The fourth-order valence-electron chi connectivity index (χ4n) is 11.0. The molecule has 5 unspecified atom stereocenters. The van der Waals surface area contributed by atoms with Crippen LogP contribution in [0.4, 0.5) is 0 Å². The zero-order valence-electron chi connectivity index (χ0n) is 68.2.